The number of rotatable bonds is 8. The molecule has 356 valence electrons. The Labute approximate surface area is 434 Å². The van der Waals surface area contributed by atoms with E-state index in [-0.39, 0.29) is 10.8 Å². The maximum absolute atomic E-state index is 2.52. The summed E-state index contributed by atoms with van der Waals surface area (Å²) in [5, 5.41) is 10.1. The van der Waals surface area contributed by atoms with E-state index in [2.05, 4.69) is 294 Å². The molecule has 0 fully saturated rings. The molecule has 2 nitrogen and oxygen atoms in total. The van der Waals surface area contributed by atoms with Crippen LogP contribution in [0.15, 0.2) is 243 Å². The molecule has 0 aliphatic rings. The van der Waals surface area contributed by atoms with E-state index in [4.69, 9.17) is 0 Å². The van der Waals surface area contributed by atoms with Crippen LogP contribution in [0.4, 0.5) is 17.1 Å². The summed E-state index contributed by atoms with van der Waals surface area (Å²) in [6, 6.07) is 90.2. The number of nitrogens with zero attached hydrogens (tertiary/aromatic N) is 2. The highest BCUT2D eigenvalue weighted by atomic mass is 15.1. The zero-order chi connectivity index (χ0) is 50.3. The van der Waals surface area contributed by atoms with Crippen LogP contribution in [0.2, 0.25) is 0 Å². The molecule has 0 bridgehead atoms. The lowest BCUT2D eigenvalue weighted by atomic mass is 9.85. The fourth-order valence-electron chi connectivity index (χ4n) is 11.4. The molecule has 2 heteroatoms. The van der Waals surface area contributed by atoms with Crippen LogP contribution in [0.3, 0.4) is 0 Å². The maximum Gasteiger partial charge on any atom is 0.0541 e. The zero-order valence-electron chi connectivity index (χ0n) is 43.0. The van der Waals surface area contributed by atoms with Gasteiger partial charge in [-0.05, 0) is 155 Å². The quantitative estimate of drug-likeness (QED) is 0.138. The first-order chi connectivity index (χ1) is 35.9. The Kier molecular flexibility index (Phi) is 10.7. The van der Waals surface area contributed by atoms with Crippen molar-refractivity contribution in [2.45, 2.75) is 52.4 Å². The summed E-state index contributed by atoms with van der Waals surface area (Å²) in [6.07, 6.45) is 0. The van der Waals surface area contributed by atoms with E-state index in [0.29, 0.717) is 0 Å². The average molecular weight is 951 g/mol. The van der Waals surface area contributed by atoms with Crippen LogP contribution in [0.1, 0.15) is 52.7 Å². The van der Waals surface area contributed by atoms with Gasteiger partial charge >= 0.3 is 0 Å². The first-order valence-corrected chi connectivity index (χ1v) is 26.1. The minimum Gasteiger partial charge on any atom is -0.310 e. The van der Waals surface area contributed by atoms with Crippen LogP contribution in [0.25, 0.3) is 104 Å². The molecule has 12 aromatic carbocycles. The Bertz CT molecular complexity index is 4130. The van der Waals surface area contributed by atoms with E-state index in [1.807, 2.05) is 0 Å². The van der Waals surface area contributed by atoms with Gasteiger partial charge in [-0.2, -0.15) is 0 Å². The van der Waals surface area contributed by atoms with Crippen LogP contribution in [-0.4, -0.2) is 4.57 Å². The molecule has 0 saturated carbocycles. The normalized spacial score (nSPS) is 12.2. The van der Waals surface area contributed by atoms with Crippen molar-refractivity contribution in [2.75, 3.05) is 4.90 Å². The van der Waals surface area contributed by atoms with Crippen molar-refractivity contribution in [1.29, 1.82) is 0 Å². The highest BCUT2D eigenvalue weighted by Crippen LogP contribution is 2.47. The first-order valence-electron chi connectivity index (χ1n) is 26.1. The maximum atomic E-state index is 2.52. The van der Waals surface area contributed by atoms with Gasteiger partial charge in [0.1, 0.15) is 0 Å². The fourth-order valence-corrected chi connectivity index (χ4v) is 11.4. The second kappa shape index (κ2) is 17.5. The molecule has 13 rings (SSSR count). The summed E-state index contributed by atoms with van der Waals surface area (Å²) in [5.74, 6) is 0. The molecule has 0 atom stereocenters. The van der Waals surface area contributed by atoms with Gasteiger partial charge in [0, 0.05) is 32.9 Å². The second-order valence-corrected chi connectivity index (χ2v) is 22.2. The second-order valence-electron chi connectivity index (χ2n) is 22.2. The Hall–Kier alpha value is -8.72. The molecule has 0 unspecified atom stereocenters. The standard InChI is InChI=1S/C72H58N2/c1-71(2,3)57-32-42-67-63(45-57)64-46-58(72(4,5)6)33-43-68(64)74(67)66-41-31-54-28-38-61-65(40-30-53-29-39-62(66)70(54)69(53)61)73(59-34-24-51(25-35-59)50-22-20-49(21-23-50)47-14-9-7-10-15-47)60-36-26-52(27-37-60)56-19-13-18-55(44-56)48-16-11-8-12-17-48/h7-46H,1-6H3. The SMILES string of the molecule is CC(C)(C)c1ccc2c(c1)c1cc(C(C)(C)C)ccc1n2-c1ccc2ccc3c(N(c4ccc(-c5ccc(-c6ccccc6)cc5)cc4)c4ccc(-c5cccc(-c6ccccc6)c5)cc4)ccc4ccc1c2c43. The van der Waals surface area contributed by atoms with E-state index in [1.165, 1.54) is 115 Å². The van der Waals surface area contributed by atoms with Gasteiger partial charge in [0.2, 0.25) is 0 Å². The van der Waals surface area contributed by atoms with Gasteiger partial charge in [-0.25, -0.2) is 0 Å². The fraction of sp³-hybridized carbons (Fsp3) is 0.111. The molecule has 1 heterocycles. The Morgan fingerprint density at radius 2 is 0.689 bits per heavy atom. The Morgan fingerprint density at radius 1 is 0.297 bits per heavy atom. The van der Waals surface area contributed by atoms with Gasteiger partial charge in [0.05, 0.1) is 22.4 Å². The van der Waals surface area contributed by atoms with Crippen molar-refractivity contribution in [3.05, 3.63) is 254 Å². The minimum absolute atomic E-state index is 0.0243. The molecule has 74 heavy (non-hydrogen) atoms. The van der Waals surface area contributed by atoms with Crippen molar-refractivity contribution < 1.29 is 0 Å². The summed E-state index contributed by atoms with van der Waals surface area (Å²) in [7, 11) is 0. The molecule has 0 amide bonds. The number of anilines is 3. The summed E-state index contributed by atoms with van der Waals surface area (Å²) in [4.78, 5) is 2.45. The van der Waals surface area contributed by atoms with E-state index < -0.39 is 0 Å². The van der Waals surface area contributed by atoms with Crippen LogP contribution >= 0.6 is 0 Å². The van der Waals surface area contributed by atoms with Crippen molar-refractivity contribution in [1.82, 2.24) is 4.57 Å². The van der Waals surface area contributed by atoms with Gasteiger partial charge in [-0.3, -0.25) is 0 Å². The summed E-state index contributed by atoms with van der Waals surface area (Å²) >= 11 is 0. The monoisotopic (exact) mass is 950 g/mol. The van der Waals surface area contributed by atoms with Gasteiger partial charge in [-0.1, -0.05) is 217 Å². The molecule has 0 spiro atoms. The molecule has 1 aromatic heterocycles. The molecular weight excluding hydrogens is 893 g/mol. The zero-order valence-corrected chi connectivity index (χ0v) is 43.0. The van der Waals surface area contributed by atoms with Gasteiger partial charge in [-0.15, -0.1) is 0 Å². The number of aromatic nitrogens is 1. The Morgan fingerprint density at radius 3 is 1.19 bits per heavy atom. The summed E-state index contributed by atoms with van der Waals surface area (Å²) < 4.78 is 2.52. The van der Waals surface area contributed by atoms with Crippen LogP contribution in [-0.2, 0) is 10.8 Å². The molecule has 0 aliphatic heterocycles. The van der Waals surface area contributed by atoms with Gasteiger partial charge in [0.25, 0.3) is 0 Å². The predicted octanol–water partition coefficient (Wildman–Crippen LogP) is 20.4. The molecule has 0 radical (unpaired) electrons. The number of benzene rings is 12. The van der Waals surface area contributed by atoms with Gasteiger partial charge < -0.3 is 9.47 Å². The summed E-state index contributed by atoms with van der Waals surface area (Å²) in [6.45, 7) is 13.9. The third-order valence-electron chi connectivity index (χ3n) is 15.5. The smallest absolute Gasteiger partial charge is 0.0541 e. The van der Waals surface area contributed by atoms with Crippen LogP contribution in [0.5, 0.6) is 0 Å². The third kappa shape index (κ3) is 7.81. The molecule has 13 aromatic rings. The molecule has 0 saturated heterocycles. The van der Waals surface area contributed by atoms with E-state index in [9.17, 15) is 0 Å². The van der Waals surface area contributed by atoms with E-state index in [1.54, 1.807) is 0 Å². The van der Waals surface area contributed by atoms with Crippen molar-refractivity contribution >= 4 is 71.2 Å². The van der Waals surface area contributed by atoms with Crippen LogP contribution < -0.4 is 4.90 Å². The summed E-state index contributed by atoms with van der Waals surface area (Å²) in [5.41, 5.74) is 19.3. The van der Waals surface area contributed by atoms with E-state index in [0.717, 1.165) is 17.1 Å². The highest BCUT2D eigenvalue weighted by Gasteiger charge is 2.24. The van der Waals surface area contributed by atoms with Crippen molar-refractivity contribution in [3.63, 3.8) is 0 Å². The molecular formula is C72H58N2. The minimum atomic E-state index is 0.0243. The lowest BCUT2D eigenvalue weighted by Gasteiger charge is -2.28. The number of hydrogen-bond acceptors (Lipinski definition) is 1. The third-order valence-corrected chi connectivity index (χ3v) is 15.5. The largest absolute Gasteiger partial charge is 0.310 e. The first kappa shape index (κ1) is 45.2. The Balaban J connectivity index is 0.972. The lowest BCUT2D eigenvalue weighted by Crippen LogP contribution is -2.10. The van der Waals surface area contributed by atoms with Crippen LogP contribution in [0, 0.1) is 0 Å². The van der Waals surface area contributed by atoms with Gasteiger partial charge in [0.15, 0.2) is 0 Å². The number of hydrogen-bond donors (Lipinski definition) is 0. The van der Waals surface area contributed by atoms with Crippen molar-refractivity contribution in [3.8, 4) is 50.2 Å². The molecule has 0 aliphatic carbocycles. The topological polar surface area (TPSA) is 8.17 Å². The number of fused-ring (bicyclic) bond motifs is 3. The highest BCUT2D eigenvalue weighted by molar-refractivity contribution is 6.27. The van der Waals surface area contributed by atoms with Crippen molar-refractivity contribution in [2.24, 2.45) is 0 Å². The van der Waals surface area contributed by atoms with E-state index >= 15 is 0 Å². The average Bonchev–Trinajstić information content (AvgIpc) is 3.76. The predicted molar refractivity (Wildman–Crippen MR) is 318 cm³/mol. The molecule has 0 N–H and O–H groups in total. The lowest BCUT2D eigenvalue weighted by molar-refractivity contribution is 0.590.